The summed E-state index contributed by atoms with van der Waals surface area (Å²) in [5.41, 5.74) is 0.805. The molecule has 0 radical (unpaired) electrons. The quantitative estimate of drug-likeness (QED) is 0.856. The van der Waals surface area contributed by atoms with Crippen LogP contribution in [0.5, 0.6) is 0 Å². The van der Waals surface area contributed by atoms with Crippen molar-refractivity contribution in [2.24, 2.45) is 5.92 Å². The molecule has 0 saturated carbocycles. The molecule has 0 spiro atoms. The van der Waals surface area contributed by atoms with Gasteiger partial charge in [-0.05, 0) is 58.2 Å². The van der Waals surface area contributed by atoms with E-state index in [0.717, 1.165) is 35.3 Å². The molecule has 1 amide bonds. The van der Waals surface area contributed by atoms with Crippen LogP contribution in [0.15, 0.2) is 21.9 Å². The molecule has 3 rings (SSSR count). The zero-order valence-corrected chi connectivity index (χ0v) is 16.1. The maximum atomic E-state index is 12.2. The molecular formula is C19H27N3O2S. The third-order valence-corrected chi connectivity index (χ3v) is 5.62. The van der Waals surface area contributed by atoms with E-state index >= 15 is 0 Å². The van der Waals surface area contributed by atoms with Crippen LogP contribution in [0.1, 0.15) is 38.1 Å². The van der Waals surface area contributed by atoms with Crippen molar-refractivity contribution >= 4 is 17.2 Å². The Bertz CT molecular complexity index is 707. The number of furan rings is 1. The molecule has 5 nitrogen and oxygen atoms in total. The Kier molecular flexibility index (Phi) is 5.91. The van der Waals surface area contributed by atoms with Crippen LogP contribution in [0.2, 0.25) is 0 Å². The lowest BCUT2D eigenvalue weighted by molar-refractivity contribution is -0.120. The molecule has 1 N–H and O–H groups in total. The number of amides is 1. The number of nitrogens with one attached hydrogen (secondary N) is 1. The molecular weight excluding hydrogens is 334 g/mol. The Morgan fingerprint density at radius 2 is 2.32 bits per heavy atom. The zero-order valence-electron chi connectivity index (χ0n) is 15.2. The van der Waals surface area contributed by atoms with E-state index in [-0.39, 0.29) is 5.91 Å². The zero-order chi connectivity index (χ0) is 17.8. The van der Waals surface area contributed by atoms with Gasteiger partial charge in [0.1, 0.15) is 5.76 Å². The lowest BCUT2D eigenvalue weighted by Gasteiger charge is -2.35. The van der Waals surface area contributed by atoms with E-state index in [1.54, 1.807) is 0 Å². The fraction of sp³-hybridized carbons (Fsp3) is 0.579. The Morgan fingerprint density at radius 3 is 3.04 bits per heavy atom. The van der Waals surface area contributed by atoms with E-state index in [4.69, 9.17) is 4.42 Å². The van der Waals surface area contributed by atoms with Gasteiger partial charge in [0.2, 0.25) is 5.91 Å². The van der Waals surface area contributed by atoms with Gasteiger partial charge in [-0.25, -0.2) is 4.98 Å². The number of aromatic nitrogens is 1. The number of aryl methyl sites for hydroxylation is 1. The number of hydrogen-bond acceptors (Lipinski definition) is 5. The standard InChI is InChI=1S/C19H27N3O2S/c1-13(2)22-8-4-5-15(11-22)10-20-18(23)9-16-12-25-19(21-16)17-7-6-14(3)24-17/h6-7,12-13,15H,4-5,8-11H2,1-3H3,(H,20,23)/t15-/m1/s1. The lowest BCUT2D eigenvalue weighted by atomic mass is 9.97. The molecule has 1 fully saturated rings. The van der Waals surface area contributed by atoms with E-state index in [0.29, 0.717) is 18.4 Å². The molecule has 1 atom stereocenters. The molecule has 25 heavy (non-hydrogen) atoms. The number of carbonyl (C=O) groups excluding carboxylic acids is 1. The number of nitrogens with zero attached hydrogens (tertiary/aromatic N) is 2. The molecule has 2 aromatic heterocycles. The average molecular weight is 362 g/mol. The Labute approximate surface area is 153 Å². The van der Waals surface area contributed by atoms with Crippen molar-refractivity contribution in [3.8, 4) is 10.8 Å². The maximum absolute atomic E-state index is 12.2. The first-order chi connectivity index (χ1) is 12.0. The average Bonchev–Trinajstić information content (AvgIpc) is 3.22. The van der Waals surface area contributed by atoms with E-state index in [1.165, 1.54) is 30.7 Å². The Morgan fingerprint density at radius 1 is 1.48 bits per heavy atom. The van der Waals surface area contributed by atoms with E-state index < -0.39 is 0 Å². The van der Waals surface area contributed by atoms with Crippen LogP contribution in [-0.4, -0.2) is 41.5 Å². The van der Waals surface area contributed by atoms with Crippen LogP contribution in [0, 0.1) is 12.8 Å². The molecule has 6 heteroatoms. The van der Waals surface area contributed by atoms with Gasteiger partial charge in [0.05, 0.1) is 12.1 Å². The number of carbonyl (C=O) groups is 1. The summed E-state index contributed by atoms with van der Waals surface area (Å²) in [7, 11) is 0. The number of piperidine rings is 1. The molecule has 0 unspecified atom stereocenters. The first kappa shape index (κ1) is 18.1. The van der Waals surface area contributed by atoms with Crippen LogP contribution < -0.4 is 5.32 Å². The van der Waals surface area contributed by atoms with Crippen molar-refractivity contribution in [2.75, 3.05) is 19.6 Å². The highest BCUT2D eigenvalue weighted by Crippen LogP contribution is 2.25. The fourth-order valence-corrected chi connectivity index (χ4v) is 4.05. The van der Waals surface area contributed by atoms with E-state index in [9.17, 15) is 4.79 Å². The predicted molar refractivity (Wildman–Crippen MR) is 101 cm³/mol. The second kappa shape index (κ2) is 8.15. The van der Waals surface area contributed by atoms with Gasteiger partial charge in [-0.2, -0.15) is 0 Å². The summed E-state index contributed by atoms with van der Waals surface area (Å²) in [6.07, 6.45) is 2.75. The van der Waals surface area contributed by atoms with Gasteiger partial charge in [0, 0.05) is 24.5 Å². The van der Waals surface area contributed by atoms with Crippen LogP contribution in [0.25, 0.3) is 10.8 Å². The molecule has 0 bridgehead atoms. The van der Waals surface area contributed by atoms with Crippen molar-refractivity contribution in [2.45, 2.75) is 46.1 Å². The van der Waals surface area contributed by atoms with Gasteiger partial charge >= 0.3 is 0 Å². The highest BCUT2D eigenvalue weighted by Gasteiger charge is 2.22. The maximum Gasteiger partial charge on any atom is 0.226 e. The van der Waals surface area contributed by atoms with Gasteiger partial charge in [0.15, 0.2) is 10.8 Å². The van der Waals surface area contributed by atoms with Crippen LogP contribution >= 0.6 is 11.3 Å². The minimum Gasteiger partial charge on any atom is -0.459 e. The third kappa shape index (κ3) is 4.92. The van der Waals surface area contributed by atoms with Crippen molar-refractivity contribution in [1.29, 1.82) is 0 Å². The van der Waals surface area contributed by atoms with Crippen molar-refractivity contribution in [3.63, 3.8) is 0 Å². The Hall–Kier alpha value is -1.66. The molecule has 0 aliphatic carbocycles. The smallest absolute Gasteiger partial charge is 0.226 e. The monoisotopic (exact) mass is 361 g/mol. The predicted octanol–water partition coefficient (Wildman–Crippen LogP) is 3.49. The van der Waals surface area contributed by atoms with Gasteiger partial charge in [-0.1, -0.05) is 0 Å². The molecule has 3 heterocycles. The topological polar surface area (TPSA) is 58.4 Å². The molecule has 1 aliphatic heterocycles. The minimum absolute atomic E-state index is 0.0501. The summed E-state index contributed by atoms with van der Waals surface area (Å²) in [6.45, 7) is 9.41. The number of hydrogen-bond donors (Lipinski definition) is 1. The van der Waals surface area contributed by atoms with Crippen molar-refractivity contribution in [1.82, 2.24) is 15.2 Å². The fourth-order valence-electron chi connectivity index (χ4n) is 3.27. The van der Waals surface area contributed by atoms with Gasteiger partial charge in [-0.3, -0.25) is 4.79 Å². The Balaban J connectivity index is 1.47. The summed E-state index contributed by atoms with van der Waals surface area (Å²) < 4.78 is 5.59. The lowest BCUT2D eigenvalue weighted by Crippen LogP contribution is -2.44. The first-order valence-electron chi connectivity index (χ1n) is 9.03. The number of rotatable bonds is 6. The van der Waals surface area contributed by atoms with Gasteiger partial charge in [-0.15, -0.1) is 11.3 Å². The molecule has 136 valence electrons. The second-order valence-electron chi connectivity index (χ2n) is 7.13. The highest BCUT2D eigenvalue weighted by molar-refractivity contribution is 7.13. The SMILES string of the molecule is Cc1ccc(-c2nc(CC(=O)NC[C@H]3CCCN(C(C)C)C3)cs2)o1. The summed E-state index contributed by atoms with van der Waals surface area (Å²) in [5.74, 6) is 2.24. The largest absolute Gasteiger partial charge is 0.459 e. The summed E-state index contributed by atoms with van der Waals surface area (Å²) in [6, 6.07) is 4.42. The highest BCUT2D eigenvalue weighted by atomic mass is 32.1. The first-order valence-corrected chi connectivity index (χ1v) is 9.91. The minimum atomic E-state index is 0.0501. The molecule has 1 aliphatic rings. The van der Waals surface area contributed by atoms with Crippen molar-refractivity contribution < 1.29 is 9.21 Å². The third-order valence-electron chi connectivity index (χ3n) is 4.71. The molecule has 2 aromatic rings. The van der Waals surface area contributed by atoms with E-state index in [1.807, 2.05) is 24.4 Å². The van der Waals surface area contributed by atoms with E-state index in [2.05, 4.69) is 29.0 Å². The molecule has 0 aromatic carbocycles. The number of thiazole rings is 1. The van der Waals surface area contributed by atoms with Gasteiger partial charge in [0.25, 0.3) is 0 Å². The number of likely N-dealkylation sites (tertiary alicyclic amines) is 1. The van der Waals surface area contributed by atoms with Crippen LogP contribution in [0.3, 0.4) is 0 Å². The summed E-state index contributed by atoms with van der Waals surface area (Å²) >= 11 is 1.52. The molecule has 1 saturated heterocycles. The summed E-state index contributed by atoms with van der Waals surface area (Å²) in [4.78, 5) is 19.3. The second-order valence-corrected chi connectivity index (χ2v) is 7.99. The normalized spacial score (nSPS) is 18.6. The van der Waals surface area contributed by atoms with Crippen molar-refractivity contribution in [3.05, 3.63) is 29.0 Å². The van der Waals surface area contributed by atoms with Gasteiger partial charge < -0.3 is 14.6 Å². The summed E-state index contributed by atoms with van der Waals surface area (Å²) in [5, 5.41) is 5.86. The van der Waals surface area contributed by atoms with Crippen LogP contribution in [-0.2, 0) is 11.2 Å². The van der Waals surface area contributed by atoms with Crippen LogP contribution in [0.4, 0.5) is 0 Å².